The maximum atomic E-state index is 12.9. The molecule has 0 bridgehead atoms. The van der Waals surface area contributed by atoms with Gasteiger partial charge in [0, 0.05) is 31.0 Å². The third-order valence-electron chi connectivity index (χ3n) is 8.08. The maximum Gasteiger partial charge on any atom is 0.407 e. The molecule has 10 nitrogen and oxygen atoms in total. The highest BCUT2D eigenvalue weighted by molar-refractivity contribution is 5.83. The molecule has 236 valence electrons. The molecule has 0 radical (unpaired) electrons. The van der Waals surface area contributed by atoms with Gasteiger partial charge in [0.05, 0.1) is 12.5 Å². The zero-order valence-electron chi connectivity index (χ0n) is 26.1. The third-order valence-corrected chi connectivity index (χ3v) is 8.08. The fraction of sp³-hybridized carbons (Fsp3) is 0.500. The SMILES string of the molecule is CCC(=O)C1CCC(CNC(=O)N/N=C/[C@H](CC(=O)OC(C)(C)C)NC(=O)OCC2c3ccccc3-c3ccccc32)CC1. The van der Waals surface area contributed by atoms with Crippen LogP contribution in [0.3, 0.4) is 0 Å². The highest BCUT2D eigenvalue weighted by atomic mass is 16.6. The lowest BCUT2D eigenvalue weighted by Gasteiger charge is -2.27. The molecule has 0 aliphatic heterocycles. The number of carbonyl (C=O) groups is 4. The fourth-order valence-corrected chi connectivity index (χ4v) is 5.93. The topological polar surface area (TPSA) is 135 Å². The van der Waals surface area contributed by atoms with Gasteiger partial charge in [-0.2, -0.15) is 5.10 Å². The first-order chi connectivity index (χ1) is 21.0. The molecule has 10 heteroatoms. The van der Waals surface area contributed by atoms with E-state index in [1.54, 1.807) is 20.8 Å². The van der Waals surface area contributed by atoms with Crippen LogP contribution in [0.2, 0.25) is 0 Å². The summed E-state index contributed by atoms with van der Waals surface area (Å²) in [5.41, 5.74) is 6.12. The normalized spacial score (nSPS) is 18.5. The minimum Gasteiger partial charge on any atom is -0.460 e. The van der Waals surface area contributed by atoms with Gasteiger partial charge in [0.2, 0.25) is 0 Å². The number of carbonyl (C=O) groups excluding carboxylic acids is 4. The van der Waals surface area contributed by atoms with Gasteiger partial charge in [-0.25, -0.2) is 15.0 Å². The Kier molecular flexibility index (Phi) is 11.1. The van der Waals surface area contributed by atoms with Crippen molar-refractivity contribution in [3.63, 3.8) is 0 Å². The first-order valence-electron chi connectivity index (χ1n) is 15.5. The van der Waals surface area contributed by atoms with Gasteiger partial charge >= 0.3 is 18.1 Å². The van der Waals surface area contributed by atoms with E-state index >= 15 is 0 Å². The number of ether oxygens (including phenoxy) is 2. The second-order valence-electron chi connectivity index (χ2n) is 12.5. The van der Waals surface area contributed by atoms with E-state index in [-0.39, 0.29) is 24.9 Å². The summed E-state index contributed by atoms with van der Waals surface area (Å²) in [7, 11) is 0. The van der Waals surface area contributed by atoms with Crippen LogP contribution in [0.4, 0.5) is 9.59 Å². The van der Waals surface area contributed by atoms with E-state index in [9.17, 15) is 19.2 Å². The van der Waals surface area contributed by atoms with Crippen LogP contribution in [0.15, 0.2) is 53.6 Å². The highest BCUT2D eigenvalue weighted by Gasteiger charge is 2.30. The standard InChI is InChI=1S/C34H44N4O6/c1-5-30(39)23-16-14-22(15-17-23)19-35-32(41)38-36-20-24(18-31(40)44-34(2,3)4)37-33(42)43-21-29-27-12-8-6-10-25(27)26-11-7-9-13-28(26)29/h6-13,20,22-24,29H,5,14-19,21H2,1-4H3,(H,37,42)(H2,35,38,41)/b36-20+/t22?,23?,24-/m0/s1. The summed E-state index contributed by atoms with van der Waals surface area (Å²) in [5.74, 6) is 0.116. The first-order valence-corrected chi connectivity index (χ1v) is 15.5. The molecular weight excluding hydrogens is 560 g/mol. The molecule has 0 heterocycles. The average Bonchev–Trinajstić information content (AvgIpc) is 3.31. The number of esters is 1. The molecule has 2 aliphatic rings. The number of hydrogen-bond donors (Lipinski definition) is 3. The number of rotatable bonds is 11. The molecule has 4 rings (SSSR count). The molecule has 3 amide bonds. The second kappa shape index (κ2) is 15.0. The van der Waals surface area contributed by atoms with Crippen LogP contribution < -0.4 is 16.1 Å². The number of amides is 3. The molecule has 2 aromatic carbocycles. The van der Waals surface area contributed by atoms with E-state index in [2.05, 4.69) is 33.3 Å². The van der Waals surface area contributed by atoms with E-state index in [0.29, 0.717) is 24.7 Å². The molecule has 44 heavy (non-hydrogen) atoms. The second-order valence-corrected chi connectivity index (χ2v) is 12.5. The number of hydrazone groups is 1. The van der Waals surface area contributed by atoms with Crippen LogP contribution in [0, 0.1) is 11.8 Å². The van der Waals surface area contributed by atoms with Gasteiger partial charge in [-0.15, -0.1) is 0 Å². The predicted octanol–water partition coefficient (Wildman–Crippen LogP) is 5.70. The van der Waals surface area contributed by atoms with Crippen molar-refractivity contribution in [2.75, 3.05) is 13.2 Å². The number of nitrogens with one attached hydrogen (secondary N) is 3. The first kappa shape index (κ1) is 32.7. The smallest absolute Gasteiger partial charge is 0.407 e. The molecule has 1 saturated carbocycles. The molecule has 0 unspecified atom stereocenters. The lowest BCUT2D eigenvalue weighted by atomic mass is 9.79. The van der Waals surface area contributed by atoms with Crippen molar-refractivity contribution in [3.8, 4) is 11.1 Å². The number of ketones is 1. The van der Waals surface area contributed by atoms with Gasteiger partial charge in [-0.1, -0.05) is 55.5 Å². The van der Waals surface area contributed by atoms with E-state index in [4.69, 9.17) is 9.47 Å². The van der Waals surface area contributed by atoms with E-state index in [1.165, 1.54) is 6.21 Å². The van der Waals surface area contributed by atoms with Crippen molar-refractivity contribution in [2.45, 2.75) is 83.8 Å². The molecule has 2 aliphatic carbocycles. The minimum absolute atomic E-state index is 0.112. The lowest BCUT2D eigenvalue weighted by molar-refractivity contribution is -0.154. The van der Waals surface area contributed by atoms with Gasteiger partial charge in [0.15, 0.2) is 0 Å². The number of urea groups is 1. The van der Waals surface area contributed by atoms with E-state index < -0.39 is 29.7 Å². The lowest BCUT2D eigenvalue weighted by Crippen LogP contribution is -2.41. The fourth-order valence-electron chi connectivity index (χ4n) is 5.93. The molecule has 0 saturated heterocycles. The Morgan fingerprint density at radius 1 is 0.955 bits per heavy atom. The monoisotopic (exact) mass is 604 g/mol. The largest absolute Gasteiger partial charge is 0.460 e. The average molecular weight is 605 g/mol. The minimum atomic E-state index is -0.882. The van der Waals surface area contributed by atoms with E-state index in [0.717, 1.165) is 47.9 Å². The van der Waals surface area contributed by atoms with Crippen LogP contribution in [0.1, 0.15) is 83.3 Å². The zero-order chi connectivity index (χ0) is 31.7. The van der Waals surface area contributed by atoms with Crippen LogP contribution in [0.25, 0.3) is 11.1 Å². The number of alkyl carbamates (subject to hydrolysis) is 1. The Hall–Kier alpha value is -4.21. The number of hydrogen-bond acceptors (Lipinski definition) is 7. The Morgan fingerprint density at radius 2 is 1.57 bits per heavy atom. The van der Waals surface area contributed by atoms with Crippen molar-refractivity contribution in [3.05, 3.63) is 59.7 Å². The van der Waals surface area contributed by atoms with Crippen molar-refractivity contribution in [1.82, 2.24) is 16.1 Å². The van der Waals surface area contributed by atoms with Crippen LogP contribution in [-0.2, 0) is 19.1 Å². The quantitative estimate of drug-likeness (QED) is 0.171. The van der Waals surface area contributed by atoms with Gasteiger partial charge in [0.25, 0.3) is 0 Å². The van der Waals surface area contributed by atoms with Gasteiger partial charge in [-0.3, -0.25) is 9.59 Å². The molecule has 0 aromatic heterocycles. The molecule has 1 atom stereocenters. The molecule has 3 N–H and O–H groups in total. The number of fused-ring (bicyclic) bond motifs is 3. The van der Waals surface area contributed by atoms with E-state index in [1.807, 2.05) is 43.3 Å². The van der Waals surface area contributed by atoms with Crippen LogP contribution in [-0.4, -0.2) is 54.9 Å². The van der Waals surface area contributed by atoms with Crippen molar-refractivity contribution >= 4 is 30.1 Å². The van der Waals surface area contributed by atoms with Gasteiger partial charge in [-0.05, 0) is 74.6 Å². The van der Waals surface area contributed by atoms with Crippen LogP contribution in [0.5, 0.6) is 0 Å². The summed E-state index contributed by atoms with van der Waals surface area (Å²) in [6.07, 6.45) is 4.43. The molecule has 2 aromatic rings. The van der Waals surface area contributed by atoms with Crippen molar-refractivity contribution in [2.24, 2.45) is 16.9 Å². The Bertz CT molecular complexity index is 1310. The summed E-state index contributed by atoms with van der Waals surface area (Å²) in [5, 5.41) is 9.45. The van der Waals surface area contributed by atoms with Gasteiger partial charge in [0.1, 0.15) is 18.0 Å². The Morgan fingerprint density at radius 3 is 2.16 bits per heavy atom. The number of nitrogens with zero attached hydrogens (tertiary/aromatic N) is 1. The summed E-state index contributed by atoms with van der Waals surface area (Å²) in [6.45, 7) is 7.76. The summed E-state index contributed by atoms with van der Waals surface area (Å²) < 4.78 is 11.0. The molecule has 0 spiro atoms. The third kappa shape index (κ3) is 9.14. The Balaban J connectivity index is 1.30. The summed E-state index contributed by atoms with van der Waals surface area (Å²) in [4.78, 5) is 49.8. The number of benzene rings is 2. The van der Waals surface area contributed by atoms with Crippen molar-refractivity contribution < 1.29 is 28.7 Å². The Labute approximate surface area is 259 Å². The predicted molar refractivity (Wildman–Crippen MR) is 168 cm³/mol. The van der Waals surface area contributed by atoms with Crippen molar-refractivity contribution in [1.29, 1.82) is 0 Å². The maximum absolute atomic E-state index is 12.9. The summed E-state index contributed by atoms with van der Waals surface area (Å²) >= 11 is 0. The number of Topliss-reactive ketones (excluding diaryl/α,β-unsaturated/α-hetero) is 1. The molecular formula is C34H44N4O6. The van der Waals surface area contributed by atoms with Gasteiger partial charge < -0.3 is 20.1 Å². The highest BCUT2D eigenvalue weighted by Crippen LogP contribution is 2.44. The zero-order valence-corrected chi connectivity index (χ0v) is 26.1. The summed E-state index contributed by atoms with van der Waals surface area (Å²) in [6, 6.07) is 14.7. The van der Waals surface area contributed by atoms with Crippen LogP contribution >= 0.6 is 0 Å². The molecule has 1 fully saturated rings.